The zero-order valence-corrected chi connectivity index (χ0v) is 23.9. The molecule has 8 nitrogen and oxygen atoms in total. The normalized spacial score (nSPS) is 11.1. The molecule has 37 heavy (non-hydrogen) atoms. The van der Waals surface area contributed by atoms with E-state index in [1.807, 2.05) is 0 Å². The Morgan fingerprint density at radius 3 is 1.08 bits per heavy atom. The molecule has 0 aromatic heterocycles. The van der Waals surface area contributed by atoms with E-state index in [1.165, 1.54) is 97.8 Å². The summed E-state index contributed by atoms with van der Waals surface area (Å²) in [5.41, 5.74) is -1.16. The topological polar surface area (TPSA) is 105 Å². The van der Waals surface area contributed by atoms with Gasteiger partial charge in [-0.3, -0.25) is 19.2 Å². The van der Waals surface area contributed by atoms with Gasteiger partial charge in [0.1, 0.15) is 31.8 Å². The van der Waals surface area contributed by atoms with Crippen LogP contribution in [0, 0.1) is 5.41 Å². The van der Waals surface area contributed by atoms with E-state index in [9.17, 15) is 19.2 Å². The van der Waals surface area contributed by atoms with Crippen LogP contribution >= 0.6 is 0 Å². The molecule has 0 fully saturated rings. The van der Waals surface area contributed by atoms with Gasteiger partial charge in [-0.05, 0) is 6.42 Å². The third-order valence-corrected chi connectivity index (χ3v) is 6.27. The Bertz CT molecular complexity index is 586. The zero-order chi connectivity index (χ0) is 27.8. The zero-order valence-electron chi connectivity index (χ0n) is 23.9. The van der Waals surface area contributed by atoms with Crippen molar-refractivity contribution in [1.29, 1.82) is 0 Å². The van der Waals surface area contributed by atoms with Crippen molar-refractivity contribution in [3.8, 4) is 0 Å². The summed E-state index contributed by atoms with van der Waals surface area (Å²) >= 11 is 0. The van der Waals surface area contributed by atoms with Crippen LogP contribution in [0.2, 0.25) is 0 Å². The van der Waals surface area contributed by atoms with E-state index in [-0.39, 0.29) is 38.8 Å². The van der Waals surface area contributed by atoms with Crippen LogP contribution in [0.3, 0.4) is 0 Å². The number of unbranched alkanes of at least 4 members (excludes halogenated alkanes) is 14. The molecule has 0 aliphatic rings. The molecule has 0 unspecified atom stereocenters. The van der Waals surface area contributed by atoms with Crippen molar-refractivity contribution in [3.05, 3.63) is 0 Å². The Kier molecular flexibility index (Phi) is 21.7. The predicted molar refractivity (Wildman–Crippen MR) is 143 cm³/mol. The maximum absolute atomic E-state index is 12.3. The summed E-state index contributed by atoms with van der Waals surface area (Å²) in [6.45, 7) is 5.14. The Balaban J connectivity index is 4.11. The van der Waals surface area contributed by atoms with Gasteiger partial charge < -0.3 is 18.9 Å². The van der Waals surface area contributed by atoms with Crippen LogP contribution in [0.25, 0.3) is 0 Å². The maximum Gasteiger partial charge on any atom is 0.305 e. The van der Waals surface area contributed by atoms with Gasteiger partial charge in [-0.25, -0.2) is 0 Å². The molecule has 0 radical (unpaired) electrons. The summed E-state index contributed by atoms with van der Waals surface area (Å²) < 4.78 is 20.7. The summed E-state index contributed by atoms with van der Waals surface area (Å²) in [4.78, 5) is 46.3. The first kappa shape index (κ1) is 34.9. The van der Waals surface area contributed by atoms with Crippen LogP contribution in [0.15, 0.2) is 0 Å². The van der Waals surface area contributed by atoms with Crippen LogP contribution < -0.4 is 0 Å². The molecule has 0 aromatic rings. The third kappa shape index (κ3) is 22.8. The molecule has 8 heteroatoms. The van der Waals surface area contributed by atoms with Gasteiger partial charge in [0.2, 0.25) is 0 Å². The number of hydrogen-bond acceptors (Lipinski definition) is 8. The highest BCUT2D eigenvalue weighted by molar-refractivity contribution is 5.69. The number of ether oxygens (including phenoxy) is 4. The van der Waals surface area contributed by atoms with Gasteiger partial charge in [0.15, 0.2) is 0 Å². The fourth-order valence-corrected chi connectivity index (χ4v) is 3.96. The summed E-state index contributed by atoms with van der Waals surface area (Å²) in [5.74, 6) is -2.01. The summed E-state index contributed by atoms with van der Waals surface area (Å²) in [6, 6.07) is 0. The molecule has 0 aliphatic heterocycles. The number of carbonyl (C=O) groups excluding carboxylic acids is 4. The highest BCUT2D eigenvalue weighted by Crippen LogP contribution is 2.22. The van der Waals surface area contributed by atoms with Crippen molar-refractivity contribution in [1.82, 2.24) is 0 Å². The molecule has 0 atom stereocenters. The quantitative estimate of drug-likeness (QED) is 0.0797. The Morgan fingerprint density at radius 2 is 0.757 bits per heavy atom. The van der Waals surface area contributed by atoms with Gasteiger partial charge in [-0.15, -0.1) is 0 Å². The first-order valence-corrected chi connectivity index (χ1v) is 14.3. The van der Waals surface area contributed by atoms with Crippen LogP contribution in [-0.2, 0) is 38.1 Å². The SMILES string of the molecule is CCCCCCCCCCCCCCCCCC(=O)OCC(COC(C)=O)(COC(C)=O)COC(C)=O. The molecule has 0 aliphatic carbocycles. The van der Waals surface area contributed by atoms with Crippen LogP contribution in [0.1, 0.15) is 130 Å². The minimum absolute atomic E-state index is 0.196. The lowest BCUT2D eigenvalue weighted by Crippen LogP contribution is -2.43. The van der Waals surface area contributed by atoms with E-state index in [0.29, 0.717) is 0 Å². The van der Waals surface area contributed by atoms with E-state index < -0.39 is 23.3 Å². The molecule has 0 spiro atoms. The van der Waals surface area contributed by atoms with Crippen LogP contribution in [-0.4, -0.2) is 50.3 Å². The first-order chi connectivity index (χ1) is 17.7. The summed E-state index contributed by atoms with van der Waals surface area (Å²) in [5, 5.41) is 0. The Labute approximate surface area is 224 Å². The average molecular weight is 529 g/mol. The average Bonchev–Trinajstić information content (AvgIpc) is 2.85. The highest BCUT2D eigenvalue weighted by Gasteiger charge is 2.37. The van der Waals surface area contributed by atoms with Crippen molar-refractivity contribution in [3.63, 3.8) is 0 Å². The Hall–Kier alpha value is -2.12. The second-order valence-corrected chi connectivity index (χ2v) is 10.2. The molecule has 0 saturated carbocycles. The van der Waals surface area contributed by atoms with Crippen molar-refractivity contribution >= 4 is 23.9 Å². The molecule has 0 rings (SSSR count). The lowest BCUT2D eigenvalue weighted by Gasteiger charge is -2.31. The predicted octanol–water partition coefficient (Wildman–Crippen LogP) is 6.47. The fourth-order valence-electron chi connectivity index (χ4n) is 3.96. The number of rotatable bonds is 24. The van der Waals surface area contributed by atoms with E-state index in [0.717, 1.165) is 19.3 Å². The van der Waals surface area contributed by atoms with Gasteiger partial charge in [0.05, 0.1) is 0 Å². The first-order valence-electron chi connectivity index (χ1n) is 14.3. The molecule has 0 N–H and O–H groups in total. The largest absolute Gasteiger partial charge is 0.465 e. The molecule has 216 valence electrons. The monoisotopic (exact) mass is 528 g/mol. The molecular formula is C29H52O8. The van der Waals surface area contributed by atoms with E-state index >= 15 is 0 Å². The number of hydrogen-bond donors (Lipinski definition) is 0. The summed E-state index contributed by atoms with van der Waals surface area (Å²) in [7, 11) is 0. The molecule has 0 amide bonds. The van der Waals surface area contributed by atoms with Crippen molar-refractivity contribution in [2.45, 2.75) is 130 Å². The number of esters is 4. The van der Waals surface area contributed by atoms with Crippen molar-refractivity contribution in [2.75, 3.05) is 26.4 Å². The Morgan fingerprint density at radius 1 is 0.459 bits per heavy atom. The molecule has 0 heterocycles. The van der Waals surface area contributed by atoms with E-state index in [1.54, 1.807) is 0 Å². The fraction of sp³-hybridized carbons (Fsp3) is 0.862. The standard InChI is InChI=1S/C29H52O8/c1-5-6-7-8-9-10-11-12-13-14-15-16-17-18-19-20-28(33)37-24-29(21-34-25(2)30,22-35-26(3)31)23-36-27(4)32/h5-24H2,1-4H3. The lowest BCUT2D eigenvalue weighted by atomic mass is 9.92. The summed E-state index contributed by atoms with van der Waals surface area (Å²) in [6.07, 6.45) is 19.0. The van der Waals surface area contributed by atoms with Gasteiger partial charge >= 0.3 is 23.9 Å². The molecule has 0 bridgehead atoms. The van der Waals surface area contributed by atoms with Gasteiger partial charge in [-0.2, -0.15) is 0 Å². The molecular weight excluding hydrogens is 476 g/mol. The molecule has 0 aromatic carbocycles. The van der Waals surface area contributed by atoms with E-state index in [4.69, 9.17) is 18.9 Å². The second-order valence-electron chi connectivity index (χ2n) is 10.2. The number of carbonyl (C=O) groups is 4. The van der Waals surface area contributed by atoms with Crippen LogP contribution in [0.4, 0.5) is 0 Å². The smallest absolute Gasteiger partial charge is 0.305 e. The van der Waals surface area contributed by atoms with E-state index in [2.05, 4.69) is 6.92 Å². The van der Waals surface area contributed by atoms with Gasteiger partial charge in [-0.1, -0.05) is 96.8 Å². The highest BCUT2D eigenvalue weighted by atomic mass is 16.6. The third-order valence-electron chi connectivity index (χ3n) is 6.27. The lowest BCUT2D eigenvalue weighted by molar-refractivity contribution is -0.168. The minimum atomic E-state index is -1.16. The van der Waals surface area contributed by atoms with Crippen molar-refractivity contribution in [2.24, 2.45) is 5.41 Å². The second kappa shape index (κ2) is 23.0. The van der Waals surface area contributed by atoms with Crippen molar-refractivity contribution < 1.29 is 38.1 Å². The van der Waals surface area contributed by atoms with Gasteiger partial charge in [0, 0.05) is 27.2 Å². The minimum Gasteiger partial charge on any atom is -0.465 e. The maximum atomic E-state index is 12.3. The van der Waals surface area contributed by atoms with Crippen LogP contribution in [0.5, 0.6) is 0 Å². The van der Waals surface area contributed by atoms with Gasteiger partial charge in [0.25, 0.3) is 0 Å². The molecule has 0 saturated heterocycles.